The number of ether oxygens (including phenoxy) is 2. The molecule has 0 unspecified atom stereocenters. The van der Waals surface area contributed by atoms with Crippen LogP contribution in [0.2, 0.25) is 0 Å². The van der Waals surface area contributed by atoms with Crippen molar-refractivity contribution in [2.75, 3.05) is 56.5 Å². The normalized spacial score (nSPS) is 15.6. The van der Waals surface area contributed by atoms with Gasteiger partial charge in [0.25, 0.3) is 0 Å². The van der Waals surface area contributed by atoms with Crippen LogP contribution in [0.4, 0.5) is 5.69 Å². The van der Waals surface area contributed by atoms with Gasteiger partial charge in [-0.2, -0.15) is 0 Å². The molecular formula is C18H29N3O5S. The SMILES string of the molecule is CC(C)Oc1ccc(N(CC(=O)NCCN2CCOCC2)S(C)(=O)=O)cc1. The van der Waals surface area contributed by atoms with E-state index in [1.807, 2.05) is 13.8 Å². The van der Waals surface area contributed by atoms with Crippen LogP contribution in [0.25, 0.3) is 0 Å². The van der Waals surface area contributed by atoms with E-state index >= 15 is 0 Å². The lowest BCUT2D eigenvalue weighted by molar-refractivity contribution is -0.119. The van der Waals surface area contributed by atoms with E-state index in [9.17, 15) is 13.2 Å². The van der Waals surface area contributed by atoms with Crippen molar-refractivity contribution in [2.24, 2.45) is 0 Å². The molecule has 1 amide bonds. The predicted octanol–water partition coefficient (Wildman–Crippen LogP) is 0.688. The average Bonchev–Trinajstić information content (AvgIpc) is 2.60. The highest BCUT2D eigenvalue weighted by atomic mass is 32.2. The Labute approximate surface area is 161 Å². The minimum absolute atomic E-state index is 0.0269. The van der Waals surface area contributed by atoms with Crippen molar-refractivity contribution in [2.45, 2.75) is 20.0 Å². The molecular weight excluding hydrogens is 370 g/mol. The smallest absolute Gasteiger partial charge is 0.240 e. The predicted molar refractivity (Wildman–Crippen MR) is 105 cm³/mol. The monoisotopic (exact) mass is 399 g/mol. The Morgan fingerprint density at radius 2 is 1.89 bits per heavy atom. The van der Waals surface area contributed by atoms with Crippen molar-refractivity contribution in [1.29, 1.82) is 0 Å². The van der Waals surface area contributed by atoms with E-state index in [2.05, 4.69) is 10.2 Å². The fourth-order valence-electron chi connectivity index (χ4n) is 2.73. The maximum Gasteiger partial charge on any atom is 0.240 e. The molecule has 0 radical (unpaired) electrons. The van der Waals surface area contributed by atoms with Crippen molar-refractivity contribution in [3.05, 3.63) is 24.3 Å². The number of amides is 1. The number of sulfonamides is 1. The summed E-state index contributed by atoms with van der Waals surface area (Å²) >= 11 is 0. The van der Waals surface area contributed by atoms with Crippen LogP contribution >= 0.6 is 0 Å². The number of carbonyl (C=O) groups is 1. The first-order valence-electron chi connectivity index (χ1n) is 9.07. The van der Waals surface area contributed by atoms with Crippen LogP contribution in [-0.4, -0.2) is 77.5 Å². The number of nitrogens with one attached hydrogen (secondary N) is 1. The molecule has 0 aliphatic carbocycles. The van der Waals surface area contributed by atoms with E-state index in [-0.39, 0.29) is 18.6 Å². The molecule has 0 bridgehead atoms. The van der Waals surface area contributed by atoms with Crippen LogP contribution in [-0.2, 0) is 19.6 Å². The van der Waals surface area contributed by atoms with Gasteiger partial charge in [-0.15, -0.1) is 0 Å². The largest absolute Gasteiger partial charge is 0.491 e. The molecule has 0 spiro atoms. The molecule has 1 aromatic rings. The molecule has 152 valence electrons. The van der Waals surface area contributed by atoms with Gasteiger partial charge < -0.3 is 14.8 Å². The van der Waals surface area contributed by atoms with Gasteiger partial charge in [-0.25, -0.2) is 8.42 Å². The van der Waals surface area contributed by atoms with Gasteiger partial charge in [-0.1, -0.05) is 0 Å². The first-order chi connectivity index (χ1) is 12.8. The van der Waals surface area contributed by atoms with E-state index in [1.54, 1.807) is 24.3 Å². The van der Waals surface area contributed by atoms with E-state index < -0.39 is 10.0 Å². The fraction of sp³-hybridized carbons (Fsp3) is 0.611. The molecule has 1 saturated heterocycles. The molecule has 0 saturated carbocycles. The van der Waals surface area contributed by atoms with Crippen LogP contribution < -0.4 is 14.4 Å². The molecule has 1 heterocycles. The number of hydrogen-bond acceptors (Lipinski definition) is 6. The average molecular weight is 400 g/mol. The van der Waals surface area contributed by atoms with Crippen molar-refractivity contribution in [3.8, 4) is 5.75 Å². The highest BCUT2D eigenvalue weighted by Crippen LogP contribution is 2.22. The summed E-state index contributed by atoms with van der Waals surface area (Å²) in [6, 6.07) is 6.67. The van der Waals surface area contributed by atoms with Crippen LogP contribution in [0.1, 0.15) is 13.8 Å². The van der Waals surface area contributed by atoms with E-state index in [0.717, 1.165) is 30.2 Å². The standard InChI is InChI=1S/C18H29N3O5S/c1-15(2)26-17-6-4-16(5-7-17)21(27(3,23)24)14-18(22)19-8-9-20-10-12-25-13-11-20/h4-7,15H,8-14H2,1-3H3,(H,19,22). The summed E-state index contributed by atoms with van der Waals surface area (Å²) < 4.78 is 36.2. The van der Waals surface area contributed by atoms with Crippen molar-refractivity contribution in [3.63, 3.8) is 0 Å². The number of benzene rings is 1. The lowest BCUT2D eigenvalue weighted by Crippen LogP contribution is -2.44. The molecule has 1 aliphatic rings. The first-order valence-corrected chi connectivity index (χ1v) is 10.9. The molecule has 1 aliphatic heterocycles. The van der Waals surface area contributed by atoms with Crippen LogP contribution in [0, 0.1) is 0 Å². The fourth-order valence-corrected chi connectivity index (χ4v) is 3.58. The summed E-state index contributed by atoms with van der Waals surface area (Å²) in [5.74, 6) is 0.313. The second-order valence-electron chi connectivity index (χ2n) is 6.73. The summed E-state index contributed by atoms with van der Waals surface area (Å²) in [4.78, 5) is 14.4. The van der Waals surface area contributed by atoms with Gasteiger partial charge in [0.2, 0.25) is 15.9 Å². The van der Waals surface area contributed by atoms with Gasteiger partial charge >= 0.3 is 0 Å². The van der Waals surface area contributed by atoms with E-state index in [4.69, 9.17) is 9.47 Å². The second-order valence-corrected chi connectivity index (χ2v) is 8.64. The Hall–Kier alpha value is -1.84. The first kappa shape index (κ1) is 21.5. The Balaban J connectivity index is 1.92. The topological polar surface area (TPSA) is 88.2 Å². The Morgan fingerprint density at radius 3 is 2.44 bits per heavy atom. The van der Waals surface area contributed by atoms with Crippen molar-refractivity contribution in [1.82, 2.24) is 10.2 Å². The minimum atomic E-state index is -3.59. The summed E-state index contributed by atoms with van der Waals surface area (Å²) in [5, 5.41) is 2.79. The van der Waals surface area contributed by atoms with Crippen LogP contribution in [0.3, 0.4) is 0 Å². The molecule has 2 rings (SSSR count). The van der Waals surface area contributed by atoms with Crippen LogP contribution in [0.15, 0.2) is 24.3 Å². The summed E-state index contributed by atoms with van der Waals surface area (Å²) in [5.41, 5.74) is 0.428. The summed E-state index contributed by atoms with van der Waals surface area (Å²) in [6.45, 7) is 7.85. The highest BCUT2D eigenvalue weighted by molar-refractivity contribution is 7.92. The van der Waals surface area contributed by atoms with Crippen molar-refractivity contribution < 1.29 is 22.7 Å². The molecule has 8 nitrogen and oxygen atoms in total. The zero-order chi connectivity index (χ0) is 19.9. The van der Waals surface area contributed by atoms with Gasteiger partial charge in [0.05, 0.1) is 31.3 Å². The van der Waals surface area contributed by atoms with Gasteiger partial charge in [-0.3, -0.25) is 14.0 Å². The lowest BCUT2D eigenvalue weighted by Gasteiger charge is -2.27. The van der Waals surface area contributed by atoms with Crippen LogP contribution in [0.5, 0.6) is 5.75 Å². The number of anilines is 1. The zero-order valence-corrected chi connectivity index (χ0v) is 17.0. The zero-order valence-electron chi connectivity index (χ0n) is 16.2. The van der Waals surface area contributed by atoms with Gasteiger partial charge in [-0.05, 0) is 38.1 Å². The number of morpholine rings is 1. The quantitative estimate of drug-likeness (QED) is 0.657. The number of nitrogens with zero attached hydrogens (tertiary/aromatic N) is 2. The maximum atomic E-state index is 12.2. The third kappa shape index (κ3) is 7.36. The third-order valence-electron chi connectivity index (χ3n) is 4.04. The second kappa shape index (κ2) is 9.91. The Kier molecular flexibility index (Phi) is 7.88. The lowest BCUT2D eigenvalue weighted by atomic mass is 10.3. The van der Waals surface area contributed by atoms with Crippen molar-refractivity contribution >= 4 is 21.6 Å². The number of hydrogen-bond donors (Lipinski definition) is 1. The molecule has 1 fully saturated rings. The van der Waals surface area contributed by atoms with Gasteiger partial charge in [0.15, 0.2) is 0 Å². The summed E-state index contributed by atoms with van der Waals surface area (Å²) in [6.07, 6.45) is 1.12. The molecule has 9 heteroatoms. The molecule has 0 atom stereocenters. The maximum absolute atomic E-state index is 12.2. The highest BCUT2D eigenvalue weighted by Gasteiger charge is 2.21. The van der Waals surface area contributed by atoms with E-state index in [1.165, 1.54) is 0 Å². The Bertz CT molecular complexity index is 700. The van der Waals surface area contributed by atoms with Gasteiger partial charge in [0, 0.05) is 26.2 Å². The Morgan fingerprint density at radius 1 is 1.26 bits per heavy atom. The molecule has 27 heavy (non-hydrogen) atoms. The third-order valence-corrected chi connectivity index (χ3v) is 5.18. The molecule has 1 N–H and O–H groups in total. The number of carbonyl (C=O) groups excluding carboxylic acids is 1. The van der Waals surface area contributed by atoms with E-state index in [0.29, 0.717) is 31.2 Å². The minimum Gasteiger partial charge on any atom is -0.491 e. The molecule has 1 aromatic carbocycles. The number of rotatable bonds is 9. The van der Waals surface area contributed by atoms with Gasteiger partial charge in [0.1, 0.15) is 12.3 Å². The summed E-state index contributed by atoms with van der Waals surface area (Å²) in [7, 11) is -3.59. The molecule has 0 aromatic heterocycles.